The molecule has 4 rings (SSSR count). The van der Waals surface area contributed by atoms with Crippen LogP contribution in [-0.2, 0) is 35.4 Å². The lowest BCUT2D eigenvalue weighted by molar-refractivity contribution is -0.129. The van der Waals surface area contributed by atoms with Crippen LogP contribution in [0.5, 0.6) is 0 Å². The van der Waals surface area contributed by atoms with Crippen LogP contribution in [0.3, 0.4) is 0 Å². The highest BCUT2D eigenvalue weighted by atomic mass is 16.2. The first kappa shape index (κ1) is 17.8. The highest BCUT2D eigenvalue weighted by Gasteiger charge is 2.13. The molecular formula is C20H20N6O2. The Morgan fingerprint density at radius 1 is 0.964 bits per heavy atom. The molecule has 3 aromatic rings. The van der Waals surface area contributed by atoms with Crippen molar-refractivity contribution in [3.63, 3.8) is 0 Å². The number of carbonyl (C=O) groups excluding carboxylic acids is 2. The van der Waals surface area contributed by atoms with Crippen LogP contribution in [0.25, 0.3) is 11.4 Å². The van der Waals surface area contributed by atoms with Crippen LogP contribution in [0.4, 0.5) is 0 Å². The number of hydrazine groups is 1. The standard InChI is InChI=1S/C20H20N6O2/c27-18(12-14-9-10-15-7-4-8-17(15)11-14)21-22-19(28)13-26-24-20(23-25-26)16-5-2-1-3-6-16/h1-3,5-6,9-11H,4,7-8,12-13H2,(H,21,27)(H,22,28). The smallest absolute Gasteiger partial charge is 0.262 e. The highest BCUT2D eigenvalue weighted by molar-refractivity contribution is 5.83. The minimum atomic E-state index is -0.431. The first-order valence-electron chi connectivity index (χ1n) is 9.19. The summed E-state index contributed by atoms with van der Waals surface area (Å²) < 4.78 is 0. The monoisotopic (exact) mass is 376 g/mol. The molecule has 28 heavy (non-hydrogen) atoms. The van der Waals surface area contributed by atoms with Gasteiger partial charge < -0.3 is 0 Å². The molecule has 1 aliphatic rings. The Hall–Kier alpha value is -3.55. The topological polar surface area (TPSA) is 102 Å². The van der Waals surface area contributed by atoms with Crippen molar-refractivity contribution in [1.29, 1.82) is 0 Å². The van der Waals surface area contributed by atoms with E-state index in [4.69, 9.17) is 0 Å². The third kappa shape index (κ3) is 4.22. The number of tetrazole rings is 1. The maximum absolute atomic E-state index is 12.1. The third-order valence-corrected chi connectivity index (χ3v) is 4.64. The lowest BCUT2D eigenvalue weighted by atomic mass is 10.0. The van der Waals surface area contributed by atoms with E-state index in [0.717, 1.165) is 24.0 Å². The summed E-state index contributed by atoms with van der Waals surface area (Å²) in [5.74, 6) is -0.267. The minimum Gasteiger partial charge on any atom is -0.273 e. The van der Waals surface area contributed by atoms with Gasteiger partial charge >= 0.3 is 0 Å². The van der Waals surface area contributed by atoms with E-state index in [1.807, 2.05) is 36.4 Å². The van der Waals surface area contributed by atoms with Crippen LogP contribution in [-0.4, -0.2) is 32.0 Å². The van der Waals surface area contributed by atoms with E-state index in [2.05, 4.69) is 38.4 Å². The van der Waals surface area contributed by atoms with Crippen molar-refractivity contribution in [2.24, 2.45) is 0 Å². The summed E-state index contributed by atoms with van der Waals surface area (Å²) in [6, 6.07) is 15.5. The van der Waals surface area contributed by atoms with E-state index in [-0.39, 0.29) is 18.9 Å². The number of hydrogen-bond acceptors (Lipinski definition) is 5. The summed E-state index contributed by atoms with van der Waals surface area (Å²) >= 11 is 0. The Kier molecular flexibility index (Phi) is 5.09. The van der Waals surface area contributed by atoms with Crippen molar-refractivity contribution in [2.75, 3.05) is 0 Å². The maximum Gasteiger partial charge on any atom is 0.262 e. The number of aromatic nitrogens is 4. The quantitative estimate of drug-likeness (QED) is 0.652. The lowest BCUT2D eigenvalue weighted by Gasteiger charge is -2.08. The van der Waals surface area contributed by atoms with Crippen molar-refractivity contribution in [3.05, 3.63) is 65.2 Å². The third-order valence-electron chi connectivity index (χ3n) is 4.64. The summed E-state index contributed by atoms with van der Waals surface area (Å²) in [7, 11) is 0. The van der Waals surface area contributed by atoms with E-state index in [1.54, 1.807) is 0 Å². The number of fused-ring (bicyclic) bond motifs is 1. The van der Waals surface area contributed by atoms with E-state index < -0.39 is 5.91 Å². The molecule has 0 unspecified atom stereocenters. The van der Waals surface area contributed by atoms with Crippen molar-refractivity contribution in [2.45, 2.75) is 32.2 Å². The number of aryl methyl sites for hydroxylation is 2. The molecule has 0 bridgehead atoms. The molecule has 0 spiro atoms. The Labute approximate surface area is 161 Å². The molecule has 0 saturated heterocycles. The number of nitrogens with one attached hydrogen (secondary N) is 2. The van der Waals surface area contributed by atoms with Crippen LogP contribution in [0.1, 0.15) is 23.1 Å². The fourth-order valence-corrected chi connectivity index (χ4v) is 3.29. The van der Waals surface area contributed by atoms with Gasteiger partial charge in [-0.25, -0.2) is 0 Å². The number of rotatable bonds is 5. The van der Waals surface area contributed by atoms with Crippen LogP contribution >= 0.6 is 0 Å². The van der Waals surface area contributed by atoms with Gasteiger partial charge in [-0.05, 0) is 41.2 Å². The SMILES string of the molecule is O=C(Cc1ccc2c(c1)CCC2)NNC(=O)Cn1nnc(-c2ccccc2)n1. The molecule has 1 heterocycles. The molecule has 0 radical (unpaired) electrons. The number of amides is 2. The Bertz CT molecular complexity index is 999. The second-order valence-corrected chi connectivity index (χ2v) is 6.74. The number of benzene rings is 2. The zero-order valence-electron chi connectivity index (χ0n) is 15.3. The molecule has 2 N–H and O–H groups in total. The van der Waals surface area contributed by atoms with Crippen molar-refractivity contribution < 1.29 is 9.59 Å². The zero-order valence-corrected chi connectivity index (χ0v) is 15.3. The average Bonchev–Trinajstić information content (AvgIpc) is 3.36. The van der Waals surface area contributed by atoms with Crippen molar-refractivity contribution in [1.82, 2.24) is 31.1 Å². The van der Waals surface area contributed by atoms with E-state index in [0.29, 0.717) is 5.82 Å². The fraction of sp³-hybridized carbons (Fsp3) is 0.250. The molecule has 1 aromatic heterocycles. The van der Waals surface area contributed by atoms with Gasteiger partial charge in [0.15, 0.2) is 0 Å². The highest BCUT2D eigenvalue weighted by Crippen LogP contribution is 2.22. The second-order valence-electron chi connectivity index (χ2n) is 6.74. The van der Waals surface area contributed by atoms with Crippen LogP contribution in [0, 0.1) is 0 Å². The normalized spacial score (nSPS) is 12.4. The molecule has 1 aliphatic carbocycles. The summed E-state index contributed by atoms with van der Waals surface area (Å²) in [5.41, 5.74) is 9.26. The number of carbonyl (C=O) groups is 2. The molecule has 142 valence electrons. The summed E-state index contributed by atoms with van der Waals surface area (Å²) in [5, 5.41) is 12.0. The largest absolute Gasteiger partial charge is 0.273 e. The zero-order chi connectivity index (χ0) is 19.3. The van der Waals surface area contributed by atoms with Crippen molar-refractivity contribution >= 4 is 11.8 Å². The molecule has 0 fully saturated rings. The first-order chi connectivity index (χ1) is 13.7. The maximum atomic E-state index is 12.1. The molecule has 0 aliphatic heterocycles. The Morgan fingerprint density at radius 3 is 2.61 bits per heavy atom. The first-order valence-corrected chi connectivity index (χ1v) is 9.19. The van der Waals surface area contributed by atoms with E-state index >= 15 is 0 Å². The Morgan fingerprint density at radius 2 is 1.75 bits per heavy atom. The average molecular weight is 376 g/mol. The number of hydrogen-bond donors (Lipinski definition) is 2. The van der Waals surface area contributed by atoms with Gasteiger partial charge in [0.05, 0.1) is 6.42 Å². The molecule has 0 saturated carbocycles. The van der Waals surface area contributed by atoms with Gasteiger partial charge in [0.25, 0.3) is 5.91 Å². The van der Waals surface area contributed by atoms with Gasteiger partial charge in [-0.15, -0.1) is 10.2 Å². The number of nitrogens with zero attached hydrogens (tertiary/aromatic N) is 4. The molecular weight excluding hydrogens is 356 g/mol. The van der Waals surface area contributed by atoms with Gasteiger partial charge in [-0.2, -0.15) is 4.80 Å². The van der Waals surface area contributed by atoms with Crippen LogP contribution in [0.2, 0.25) is 0 Å². The lowest BCUT2D eigenvalue weighted by Crippen LogP contribution is -2.44. The van der Waals surface area contributed by atoms with Gasteiger partial charge in [0.2, 0.25) is 11.7 Å². The predicted molar refractivity (Wildman–Crippen MR) is 102 cm³/mol. The molecule has 2 aromatic carbocycles. The van der Waals surface area contributed by atoms with Gasteiger partial charge in [-0.3, -0.25) is 20.4 Å². The van der Waals surface area contributed by atoms with Crippen LogP contribution in [0.15, 0.2) is 48.5 Å². The van der Waals surface area contributed by atoms with Gasteiger partial charge in [0, 0.05) is 5.56 Å². The van der Waals surface area contributed by atoms with Gasteiger partial charge in [-0.1, -0.05) is 48.5 Å². The van der Waals surface area contributed by atoms with Crippen LogP contribution < -0.4 is 10.9 Å². The van der Waals surface area contributed by atoms with Gasteiger partial charge in [0.1, 0.15) is 6.54 Å². The minimum absolute atomic E-state index is 0.140. The summed E-state index contributed by atoms with van der Waals surface area (Å²) in [4.78, 5) is 25.3. The fourth-order valence-electron chi connectivity index (χ4n) is 3.29. The Balaban J connectivity index is 1.26. The van der Waals surface area contributed by atoms with Crippen molar-refractivity contribution in [3.8, 4) is 11.4 Å². The predicted octanol–water partition coefficient (Wildman–Crippen LogP) is 1.22. The second kappa shape index (κ2) is 7.99. The summed E-state index contributed by atoms with van der Waals surface area (Å²) in [6.07, 6.45) is 3.56. The summed E-state index contributed by atoms with van der Waals surface area (Å²) in [6.45, 7) is -0.140. The molecule has 8 nitrogen and oxygen atoms in total. The van der Waals surface area contributed by atoms with E-state index in [9.17, 15) is 9.59 Å². The van der Waals surface area contributed by atoms with E-state index in [1.165, 1.54) is 22.3 Å². The molecule has 2 amide bonds. The molecule has 0 atom stereocenters. The molecule has 8 heteroatoms.